The summed E-state index contributed by atoms with van der Waals surface area (Å²) < 4.78 is 5.05. The third kappa shape index (κ3) is 1.74. The number of hydrogen-bond acceptors (Lipinski definition) is 4. The number of fused-ring (bicyclic) bond motifs is 2. The van der Waals surface area contributed by atoms with E-state index in [1.54, 1.807) is 0 Å². The van der Waals surface area contributed by atoms with Crippen LogP contribution in [0.3, 0.4) is 0 Å². The molecule has 3 saturated heterocycles. The summed E-state index contributed by atoms with van der Waals surface area (Å²) in [5, 5.41) is 3.63. The molecule has 0 aromatic carbocycles. The zero-order chi connectivity index (χ0) is 11.1. The average Bonchev–Trinajstić information content (AvgIpc) is 2.84. The molecule has 90 valence electrons. The standard InChI is InChI=1S/C12H20N2O2/c1-14(11-4-5-16-12(11)15)10-6-8-2-3-9(7-10)13-8/h8-11,13H,2-7H2,1H3. The van der Waals surface area contributed by atoms with Crippen LogP contribution in [0.25, 0.3) is 0 Å². The molecule has 3 aliphatic rings. The van der Waals surface area contributed by atoms with Crippen LogP contribution in [0.5, 0.6) is 0 Å². The second-order valence-electron chi connectivity index (χ2n) is 5.40. The highest BCUT2D eigenvalue weighted by Crippen LogP contribution is 2.31. The molecule has 0 aliphatic carbocycles. The number of likely N-dealkylation sites (N-methyl/N-ethyl adjacent to an activating group) is 1. The Balaban J connectivity index is 1.66. The van der Waals surface area contributed by atoms with Crippen molar-refractivity contribution in [2.24, 2.45) is 0 Å². The molecule has 0 amide bonds. The Morgan fingerprint density at radius 3 is 2.50 bits per heavy atom. The molecule has 3 unspecified atom stereocenters. The topological polar surface area (TPSA) is 41.6 Å². The molecule has 0 spiro atoms. The number of nitrogens with zero attached hydrogens (tertiary/aromatic N) is 1. The van der Waals surface area contributed by atoms with Crippen LogP contribution >= 0.6 is 0 Å². The van der Waals surface area contributed by atoms with Gasteiger partial charge in [0.2, 0.25) is 0 Å². The monoisotopic (exact) mass is 224 g/mol. The summed E-state index contributed by atoms with van der Waals surface area (Å²) in [4.78, 5) is 13.8. The van der Waals surface area contributed by atoms with Crippen molar-refractivity contribution >= 4 is 5.97 Å². The van der Waals surface area contributed by atoms with E-state index in [0.29, 0.717) is 24.7 Å². The lowest BCUT2D eigenvalue weighted by molar-refractivity contribution is -0.142. The van der Waals surface area contributed by atoms with Crippen molar-refractivity contribution in [3.05, 3.63) is 0 Å². The minimum absolute atomic E-state index is 0.0162. The van der Waals surface area contributed by atoms with Crippen LogP contribution in [0.2, 0.25) is 0 Å². The Morgan fingerprint density at radius 1 is 1.25 bits per heavy atom. The smallest absolute Gasteiger partial charge is 0.323 e. The van der Waals surface area contributed by atoms with Crippen LogP contribution in [-0.4, -0.2) is 48.7 Å². The number of piperidine rings is 1. The summed E-state index contributed by atoms with van der Waals surface area (Å²) in [5.41, 5.74) is 0. The van der Waals surface area contributed by atoms with Crippen molar-refractivity contribution in [2.45, 2.75) is 56.3 Å². The molecule has 3 atom stereocenters. The molecule has 3 aliphatic heterocycles. The van der Waals surface area contributed by atoms with Crippen molar-refractivity contribution in [1.29, 1.82) is 0 Å². The maximum atomic E-state index is 11.6. The fourth-order valence-corrected chi connectivity index (χ4v) is 3.47. The molecule has 3 rings (SSSR count). The van der Waals surface area contributed by atoms with E-state index >= 15 is 0 Å². The number of cyclic esters (lactones) is 1. The lowest BCUT2D eigenvalue weighted by Crippen LogP contribution is -2.51. The lowest BCUT2D eigenvalue weighted by atomic mass is 9.97. The molecule has 0 radical (unpaired) electrons. The second-order valence-corrected chi connectivity index (χ2v) is 5.40. The Morgan fingerprint density at radius 2 is 1.94 bits per heavy atom. The van der Waals surface area contributed by atoms with Gasteiger partial charge < -0.3 is 10.1 Å². The quantitative estimate of drug-likeness (QED) is 0.694. The van der Waals surface area contributed by atoms with Gasteiger partial charge in [-0.05, 0) is 32.7 Å². The van der Waals surface area contributed by atoms with E-state index in [-0.39, 0.29) is 12.0 Å². The minimum atomic E-state index is -0.0200. The van der Waals surface area contributed by atoms with E-state index in [9.17, 15) is 4.79 Å². The van der Waals surface area contributed by atoms with E-state index in [0.717, 1.165) is 6.42 Å². The van der Waals surface area contributed by atoms with Crippen LogP contribution in [0, 0.1) is 0 Å². The second kappa shape index (κ2) is 4.00. The third-order valence-electron chi connectivity index (χ3n) is 4.42. The molecule has 3 fully saturated rings. The van der Waals surface area contributed by atoms with Crippen LogP contribution in [0.4, 0.5) is 0 Å². The first kappa shape index (κ1) is 10.5. The highest BCUT2D eigenvalue weighted by Gasteiger charge is 2.40. The zero-order valence-electron chi connectivity index (χ0n) is 9.82. The first-order valence-corrected chi connectivity index (χ1v) is 6.38. The number of nitrogens with one attached hydrogen (secondary N) is 1. The number of esters is 1. The van der Waals surface area contributed by atoms with Gasteiger partial charge in [-0.25, -0.2) is 0 Å². The highest BCUT2D eigenvalue weighted by molar-refractivity contribution is 5.77. The van der Waals surface area contributed by atoms with E-state index in [2.05, 4.69) is 17.3 Å². The highest BCUT2D eigenvalue weighted by atomic mass is 16.5. The van der Waals surface area contributed by atoms with Crippen molar-refractivity contribution in [3.63, 3.8) is 0 Å². The van der Waals surface area contributed by atoms with Gasteiger partial charge in [-0.1, -0.05) is 0 Å². The van der Waals surface area contributed by atoms with Gasteiger partial charge in [-0.3, -0.25) is 9.69 Å². The van der Waals surface area contributed by atoms with Gasteiger partial charge in [0.1, 0.15) is 6.04 Å². The van der Waals surface area contributed by atoms with Gasteiger partial charge >= 0.3 is 5.97 Å². The van der Waals surface area contributed by atoms with Gasteiger partial charge in [0, 0.05) is 24.5 Å². The third-order valence-corrected chi connectivity index (χ3v) is 4.42. The number of rotatable bonds is 2. The molecular formula is C12H20N2O2. The molecule has 1 N–H and O–H groups in total. The van der Waals surface area contributed by atoms with E-state index in [4.69, 9.17) is 4.74 Å². The Bertz CT molecular complexity index is 283. The van der Waals surface area contributed by atoms with Gasteiger partial charge in [0.15, 0.2) is 0 Å². The molecule has 0 saturated carbocycles. The van der Waals surface area contributed by atoms with E-state index in [1.165, 1.54) is 25.7 Å². The van der Waals surface area contributed by atoms with E-state index < -0.39 is 0 Å². The van der Waals surface area contributed by atoms with Crippen LogP contribution < -0.4 is 5.32 Å². The molecule has 3 heterocycles. The van der Waals surface area contributed by atoms with Gasteiger partial charge in [-0.15, -0.1) is 0 Å². The van der Waals surface area contributed by atoms with Crippen molar-refractivity contribution in [3.8, 4) is 0 Å². The van der Waals surface area contributed by atoms with E-state index in [1.807, 2.05) is 0 Å². The lowest BCUT2D eigenvalue weighted by Gasteiger charge is -2.37. The summed E-state index contributed by atoms with van der Waals surface area (Å²) in [6.07, 6.45) is 5.87. The van der Waals surface area contributed by atoms with Gasteiger partial charge in [0.25, 0.3) is 0 Å². The first-order chi connectivity index (χ1) is 7.74. The maximum absolute atomic E-state index is 11.6. The predicted octanol–water partition coefficient (Wildman–Crippen LogP) is 0.517. The molecule has 2 bridgehead atoms. The molecule has 16 heavy (non-hydrogen) atoms. The summed E-state index contributed by atoms with van der Waals surface area (Å²) in [6.45, 7) is 0.603. The van der Waals surface area contributed by atoms with Crippen molar-refractivity contribution in [2.75, 3.05) is 13.7 Å². The molecule has 4 nitrogen and oxygen atoms in total. The first-order valence-electron chi connectivity index (χ1n) is 6.38. The van der Waals surface area contributed by atoms with Crippen LogP contribution in [-0.2, 0) is 9.53 Å². The zero-order valence-corrected chi connectivity index (χ0v) is 9.82. The fraction of sp³-hybridized carbons (Fsp3) is 0.917. The Hall–Kier alpha value is -0.610. The van der Waals surface area contributed by atoms with Crippen molar-refractivity contribution < 1.29 is 9.53 Å². The average molecular weight is 224 g/mol. The Kier molecular flexibility index (Phi) is 2.64. The summed E-state index contributed by atoms with van der Waals surface area (Å²) in [6, 6.07) is 1.95. The maximum Gasteiger partial charge on any atom is 0.323 e. The minimum Gasteiger partial charge on any atom is -0.464 e. The van der Waals surface area contributed by atoms with Crippen molar-refractivity contribution in [1.82, 2.24) is 10.2 Å². The summed E-state index contributed by atoms with van der Waals surface area (Å²) >= 11 is 0. The van der Waals surface area contributed by atoms with Crippen LogP contribution in [0.1, 0.15) is 32.1 Å². The fourth-order valence-electron chi connectivity index (χ4n) is 3.47. The molecular weight excluding hydrogens is 204 g/mol. The molecule has 0 aromatic heterocycles. The summed E-state index contributed by atoms with van der Waals surface area (Å²) in [5.74, 6) is -0.0200. The molecule has 0 aromatic rings. The largest absolute Gasteiger partial charge is 0.464 e. The SMILES string of the molecule is CN(C1CC2CCC(C1)N2)C1CCOC1=O. The van der Waals surface area contributed by atoms with Gasteiger partial charge in [0.05, 0.1) is 6.61 Å². The van der Waals surface area contributed by atoms with Crippen LogP contribution in [0.15, 0.2) is 0 Å². The predicted molar refractivity (Wildman–Crippen MR) is 60.1 cm³/mol. The summed E-state index contributed by atoms with van der Waals surface area (Å²) in [7, 11) is 2.09. The number of carbonyl (C=O) groups excluding carboxylic acids is 1. The normalized spacial score (nSPS) is 42.8. The number of ether oxygens (including phenoxy) is 1. The molecule has 4 heteroatoms. The number of carbonyl (C=O) groups is 1. The Labute approximate surface area is 96.3 Å². The number of hydrogen-bond donors (Lipinski definition) is 1. The van der Waals surface area contributed by atoms with Gasteiger partial charge in [-0.2, -0.15) is 0 Å².